The SMILES string of the molecule is CCCC(=O)OCN(C(=O)[C@@H](NC(=O)[C@H]1CCCCN1C)[C@@H](C)CC)[C@H](C[C@@H](C)c1nc(C(=O)N[C@@H](Cc2ccc(O)cc2)C[C@H](C)C(=O)O)cs1)C(C)C. The number of carboxylic acids is 1. The lowest BCUT2D eigenvalue weighted by Gasteiger charge is -2.39. The van der Waals surface area contributed by atoms with Gasteiger partial charge in [0.15, 0.2) is 6.73 Å². The van der Waals surface area contributed by atoms with Crippen LogP contribution in [-0.2, 0) is 30.3 Å². The molecule has 0 bridgehead atoms. The molecular formula is C41H63N5O8S. The van der Waals surface area contributed by atoms with E-state index >= 15 is 0 Å². The number of phenolic OH excluding ortho intramolecular Hbond substituents is 1. The zero-order valence-electron chi connectivity index (χ0n) is 33.9. The topological polar surface area (TPSA) is 178 Å². The van der Waals surface area contributed by atoms with Crippen molar-refractivity contribution in [3.63, 3.8) is 0 Å². The van der Waals surface area contributed by atoms with E-state index in [1.807, 2.05) is 53.5 Å². The Balaban J connectivity index is 1.85. The molecule has 0 unspecified atom stereocenters. The summed E-state index contributed by atoms with van der Waals surface area (Å²) in [4.78, 5) is 74.4. The third kappa shape index (κ3) is 13.6. The van der Waals surface area contributed by atoms with Crippen LogP contribution in [0.25, 0.3) is 0 Å². The van der Waals surface area contributed by atoms with Gasteiger partial charge < -0.3 is 30.5 Å². The molecule has 0 aliphatic carbocycles. The van der Waals surface area contributed by atoms with E-state index in [0.717, 1.165) is 31.4 Å². The number of ether oxygens (including phenoxy) is 1. The van der Waals surface area contributed by atoms with Gasteiger partial charge in [-0.25, -0.2) is 4.98 Å². The van der Waals surface area contributed by atoms with Gasteiger partial charge in [0.2, 0.25) is 11.8 Å². The van der Waals surface area contributed by atoms with Gasteiger partial charge in [-0.3, -0.25) is 28.9 Å². The summed E-state index contributed by atoms with van der Waals surface area (Å²) in [5.41, 5.74) is 1.05. The van der Waals surface area contributed by atoms with Crippen LogP contribution in [0.3, 0.4) is 0 Å². The van der Waals surface area contributed by atoms with Crippen LogP contribution >= 0.6 is 11.3 Å². The number of likely N-dealkylation sites (N-methyl/N-ethyl adjacent to an activating group) is 1. The first-order chi connectivity index (χ1) is 26.1. The molecule has 2 heterocycles. The number of esters is 1. The molecule has 1 aromatic carbocycles. The van der Waals surface area contributed by atoms with E-state index in [4.69, 9.17) is 9.72 Å². The molecule has 14 heteroatoms. The lowest BCUT2D eigenvalue weighted by molar-refractivity contribution is -0.159. The van der Waals surface area contributed by atoms with E-state index in [1.54, 1.807) is 41.5 Å². The fourth-order valence-corrected chi connectivity index (χ4v) is 7.87. The maximum atomic E-state index is 14.6. The first-order valence-corrected chi connectivity index (χ1v) is 20.7. The zero-order valence-corrected chi connectivity index (χ0v) is 34.7. The number of amides is 3. The van der Waals surface area contributed by atoms with E-state index in [2.05, 4.69) is 10.6 Å². The average molecular weight is 786 g/mol. The second-order valence-electron chi connectivity index (χ2n) is 15.6. The molecular weight excluding hydrogens is 723 g/mol. The van der Waals surface area contributed by atoms with Crippen LogP contribution in [-0.4, -0.2) is 99.1 Å². The van der Waals surface area contributed by atoms with E-state index in [0.29, 0.717) is 30.7 Å². The molecule has 2 aromatic rings. The lowest BCUT2D eigenvalue weighted by atomic mass is 9.90. The van der Waals surface area contributed by atoms with Gasteiger partial charge in [0.25, 0.3) is 5.91 Å². The second-order valence-corrected chi connectivity index (χ2v) is 16.5. The summed E-state index contributed by atoms with van der Waals surface area (Å²) in [7, 11) is 1.93. The highest BCUT2D eigenvalue weighted by molar-refractivity contribution is 7.09. The summed E-state index contributed by atoms with van der Waals surface area (Å²) in [5, 5.41) is 27.7. The number of phenols is 1. The van der Waals surface area contributed by atoms with Crippen molar-refractivity contribution < 1.29 is 38.9 Å². The Kier molecular flexibility index (Phi) is 18.1. The Labute approximate surface area is 330 Å². The number of benzene rings is 1. The standard InChI is InChI=1S/C41H63N5O8S/c1-9-13-35(48)54-24-46(40(51)36(26(5)10-2)44-38(50)33-14-11-12-19-45(33)8)34(25(3)4)21-27(6)39-43-32(23-55-39)37(49)42-30(20-28(7)41(52)53)22-29-15-17-31(47)18-16-29/h15-18,23,25-28,30,33-34,36,47H,9-14,19-22,24H2,1-8H3,(H,42,49)(H,44,50)(H,52,53)/t26-,27+,28-,30+,33+,34+,36-/m0/s1. The van der Waals surface area contributed by atoms with Crippen LogP contribution in [0.5, 0.6) is 5.75 Å². The minimum Gasteiger partial charge on any atom is -0.508 e. The highest BCUT2D eigenvalue weighted by Crippen LogP contribution is 2.30. The maximum absolute atomic E-state index is 14.6. The van der Waals surface area contributed by atoms with E-state index in [-0.39, 0.29) is 66.6 Å². The highest BCUT2D eigenvalue weighted by Gasteiger charge is 2.38. The summed E-state index contributed by atoms with van der Waals surface area (Å²) in [6.45, 7) is 14.0. The van der Waals surface area contributed by atoms with Crippen molar-refractivity contribution in [1.29, 1.82) is 0 Å². The van der Waals surface area contributed by atoms with Crippen LogP contribution in [0, 0.1) is 17.8 Å². The molecule has 0 spiro atoms. The molecule has 3 rings (SSSR count). The number of piperidine rings is 1. The molecule has 1 saturated heterocycles. The number of carbonyl (C=O) groups is 5. The molecule has 1 aromatic heterocycles. The smallest absolute Gasteiger partial charge is 0.307 e. The van der Waals surface area contributed by atoms with Gasteiger partial charge in [-0.2, -0.15) is 0 Å². The van der Waals surface area contributed by atoms with Crippen molar-refractivity contribution in [2.75, 3.05) is 20.3 Å². The predicted molar refractivity (Wildman–Crippen MR) is 213 cm³/mol. The average Bonchev–Trinajstić information content (AvgIpc) is 3.65. The van der Waals surface area contributed by atoms with Crippen molar-refractivity contribution >= 4 is 41.0 Å². The second kappa shape index (κ2) is 21.9. The highest BCUT2D eigenvalue weighted by atomic mass is 32.1. The predicted octanol–water partition coefficient (Wildman–Crippen LogP) is 5.96. The first-order valence-electron chi connectivity index (χ1n) is 19.8. The van der Waals surface area contributed by atoms with Gasteiger partial charge in [0.05, 0.1) is 17.0 Å². The molecule has 4 N–H and O–H groups in total. The van der Waals surface area contributed by atoms with Gasteiger partial charge in [0, 0.05) is 29.8 Å². The summed E-state index contributed by atoms with van der Waals surface area (Å²) in [6.07, 6.45) is 5.20. The van der Waals surface area contributed by atoms with Gasteiger partial charge in [-0.1, -0.05) is 73.4 Å². The van der Waals surface area contributed by atoms with Gasteiger partial charge >= 0.3 is 11.9 Å². The summed E-state index contributed by atoms with van der Waals surface area (Å²) >= 11 is 1.33. The zero-order chi connectivity index (χ0) is 40.8. The maximum Gasteiger partial charge on any atom is 0.307 e. The van der Waals surface area contributed by atoms with Crippen LogP contribution in [0.1, 0.15) is 127 Å². The Morgan fingerprint density at radius 3 is 2.31 bits per heavy atom. The third-order valence-electron chi connectivity index (χ3n) is 10.7. The minimum atomic E-state index is -0.961. The number of nitrogens with zero attached hydrogens (tertiary/aromatic N) is 3. The quantitative estimate of drug-likeness (QED) is 0.0872. The van der Waals surface area contributed by atoms with Crippen LogP contribution < -0.4 is 10.6 Å². The van der Waals surface area contributed by atoms with E-state index < -0.39 is 41.9 Å². The number of nitrogens with one attached hydrogen (secondary N) is 2. The normalized spacial score (nSPS) is 18.0. The summed E-state index contributed by atoms with van der Waals surface area (Å²) < 4.78 is 5.68. The monoisotopic (exact) mass is 785 g/mol. The number of aromatic nitrogens is 1. The van der Waals surface area contributed by atoms with Gasteiger partial charge in [-0.05, 0) is 81.6 Å². The molecule has 7 atom stereocenters. The summed E-state index contributed by atoms with van der Waals surface area (Å²) in [6, 6.07) is 4.55. The minimum absolute atomic E-state index is 0.0614. The Bertz CT molecular complexity index is 1570. The number of aromatic hydroxyl groups is 1. The number of likely N-dealkylation sites (tertiary alicyclic amines) is 1. The molecule has 55 heavy (non-hydrogen) atoms. The fraction of sp³-hybridized carbons (Fsp3) is 0.659. The van der Waals surface area contributed by atoms with Crippen molar-refractivity contribution in [2.45, 2.75) is 136 Å². The number of carboxylic acid groups (broad SMARTS) is 1. The Hall–Kier alpha value is -4.04. The number of hydrogen-bond acceptors (Lipinski definition) is 10. The van der Waals surface area contributed by atoms with Crippen molar-refractivity contribution in [3.05, 3.63) is 45.9 Å². The number of aliphatic carboxylic acids is 1. The Morgan fingerprint density at radius 2 is 1.71 bits per heavy atom. The van der Waals surface area contributed by atoms with Crippen molar-refractivity contribution in [1.82, 2.24) is 25.4 Å². The molecule has 0 saturated carbocycles. The molecule has 3 amide bonds. The molecule has 13 nitrogen and oxygen atoms in total. The molecule has 1 aliphatic heterocycles. The molecule has 306 valence electrons. The molecule has 0 radical (unpaired) electrons. The fourth-order valence-electron chi connectivity index (χ4n) is 7.00. The van der Waals surface area contributed by atoms with Crippen LogP contribution in [0.15, 0.2) is 29.6 Å². The molecule has 1 aliphatic rings. The number of carbonyl (C=O) groups excluding carboxylic acids is 4. The van der Waals surface area contributed by atoms with Crippen LogP contribution in [0.4, 0.5) is 0 Å². The first kappa shape index (κ1) is 45.4. The van der Waals surface area contributed by atoms with Crippen molar-refractivity contribution in [2.24, 2.45) is 17.8 Å². The van der Waals surface area contributed by atoms with E-state index in [1.165, 1.54) is 11.3 Å². The van der Waals surface area contributed by atoms with Gasteiger partial charge in [-0.15, -0.1) is 11.3 Å². The van der Waals surface area contributed by atoms with Crippen LogP contribution in [0.2, 0.25) is 0 Å². The number of rotatable bonds is 21. The van der Waals surface area contributed by atoms with Crippen molar-refractivity contribution in [3.8, 4) is 5.75 Å². The largest absolute Gasteiger partial charge is 0.508 e. The Morgan fingerprint density at radius 1 is 1.02 bits per heavy atom. The molecule has 1 fully saturated rings. The lowest BCUT2D eigenvalue weighted by Crippen LogP contribution is -2.59. The van der Waals surface area contributed by atoms with Gasteiger partial charge in [0.1, 0.15) is 17.5 Å². The van der Waals surface area contributed by atoms with E-state index in [9.17, 15) is 34.2 Å². The number of hydrogen-bond donors (Lipinski definition) is 4. The third-order valence-corrected chi connectivity index (χ3v) is 11.8. The number of thiazole rings is 1. The summed E-state index contributed by atoms with van der Waals surface area (Å²) in [5.74, 6) is -3.29.